The van der Waals surface area contributed by atoms with E-state index in [-0.39, 0.29) is 34.5 Å². The van der Waals surface area contributed by atoms with Crippen molar-refractivity contribution in [2.45, 2.75) is 75.1 Å². The van der Waals surface area contributed by atoms with Crippen LogP contribution in [0.1, 0.15) is 64.2 Å². The lowest BCUT2D eigenvalue weighted by Gasteiger charge is -2.42. The Hall–Kier alpha value is -2.45. The van der Waals surface area contributed by atoms with E-state index in [1.807, 2.05) is 0 Å². The number of nitrogens with one attached hydrogen (secondary N) is 2. The minimum atomic E-state index is -4.01. The summed E-state index contributed by atoms with van der Waals surface area (Å²) in [6.45, 7) is 1.28. The molecule has 1 atom stereocenters. The van der Waals surface area contributed by atoms with E-state index in [1.54, 1.807) is 18.2 Å². The summed E-state index contributed by atoms with van der Waals surface area (Å²) in [5.74, 6) is -0.827. The lowest BCUT2D eigenvalue weighted by molar-refractivity contribution is -0.120. The number of rotatable bonds is 6. The average Bonchev–Trinajstić information content (AvgIpc) is 2.88. The van der Waals surface area contributed by atoms with E-state index in [2.05, 4.69) is 10.6 Å². The fourth-order valence-corrected chi connectivity index (χ4v) is 7.16. The molecule has 2 aromatic rings. The number of anilines is 1. The Morgan fingerprint density at radius 2 is 1.56 bits per heavy atom. The fourth-order valence-electron chi connectivity index (χ4n) is 5.72. The van der Waals surface area contributed by atoms with Gasteiger partial charge in [-0.25, -0.2) is 12.8 Å². The average molecular weight is 516 g/mol. The number of sulfonamides is 1. The Morgan fingerprint density at radius 1 is 0.944 bits per heavy atom. The largest absolute Gasteiger partial charge is 0.350 e. The van der Waals surface area contributed by atoms with Gasteiger partial charge in [0.05, 0.1) is 10.6 Å². The molecule has 196 valence electrons. The van der Waals surface area contributed by atoms with Gasteiger partial charge in [0.2, 0.25) is 5.91 Å². The minimum absolute atomic E-state index is 0.0521. The SMILES string of the molecule is O=C(CN(c1ccc(F)cc1)S(=O)(=O)c1ccccc1)NC1CNCC2(CCCCCCCCC2)C1. The van der Waals surface area contributed by atoms with Gasteiger partial charge in [-0.2, -0.15) is 0 Å². The monoisotopic (exact) mass is 515 g/mol. The van der Waals surface area contributed by atoms with E-state index < -0.39 is 15.8 Å². The molecule has 0 radical (unpaired) electrons. The molecule has 0 aromatic heterocycles. The molecule has 1 saturated carbocycles. The van der Waals surface area contributed by atoms with E-state index in [4.69, 9.17) is 0 Å². The third-order valence-corrected chi connectivity index (χ3v) is 9.37. The lowest BCUT2D eigenvalue weighted by Crippen LogP contribution is -2.55. The molecule has 1 amide bonds. The standard InChI is InChI=1S/C28H38FN3O3S/c29-23-13-15-25(16-14-23)32(36(34,35)26-11-7-6-8-12-26)21-27(33)31-24-19-28(22-30-20-24)17-9-4-2-1-3-5-10-18-28/h6-8,11-16,24,30H,1-5,9-10,17-22H2,(H,31,33). The van der Waals surface area contributed by atoms with E-state index in [0.717, 1.165) is 30.1 Å². The van der Waals surface area contributed by atoms with Crippen molar-refractivity contribution in [3.05, 3.63) is 60.4 Å². The van der Waals surface area contributed by atoms with Crippen LogP contribution >= 0.6 is 0 Å². The first-order valence-corrected chi connectivity index (χ1v) is 14.7. The molecule has 1 saturated heterocycles. The summed E-state index contributed by atoms with van der Waals surface area (Å²) in [6, 6.07) is 13.1. The van der Waals surface area contributed by atoms with Crippen molar-refractivity contribution in [3.63, 3.8) is 0 Å². The summed E-state index contributed by atoms with van der Waals surface area (Å²) in [5.41, 5.74) is 0.432. The van der Waals surface area contributed by atoms with Crippen molar-refractivity contribution in [2.24, 2.45) is 5.41 Å². The molecule has 4 rings (SSSR count). The Balaban J connectivity index is 1.48. The molecule has 2 N–H and O–H groups in total. The number of benzene rings is 2. The quantitative estimate of drug-likeness (QED) is 0.567. The van der Waals surface area contributed by atoms with Crippen molar-refractivity contribution in [3.8, 4) is 0 Å². The molecule has 6 nitrogen and oxygen atoms in total. The number of amides is 1. The first kappa shape index (κ1) is 26.6. The van der Waals surface area contributed by atoms with E-state index in [0.29, 0.717) is 6.54 Å². The Kier molecular flexibility index (Phi) is 9.01. The number of hydrogen-bond acceptors (Lipinski definition) is 4. The van der Waals surface area contributed by atoms with Crippen LogP contribution in [0.25, 0.3) is 0 Å². The molecule has 2 aromatic carbocycles. The van der Waals surface area contributed by atoms with Crippen molar-refractivity contribution >= 4 is 21.6 Å². The predicted octanol–water partition coefficient (Wildman–Crippen LogP) is 5.01. The summed E-state index contributed by atoms with van der Waals surface area (Å²) in [6.07, 6.45) is 12.1. The topological polar surface area (TPSA) is 78.5 Å². The van der Waals surface area contributed by atoms with Crippen LogP contribution in [0, 0.1) is 11.2 Å². The molecular formula is C28H38FN3O3S. The molecule has 1 heterocycles. The van der Waals surface area contributed by atoms with Gasteiger partial charge >= 0.3 is 0 Å². The van der Waals surface area contributed by atoms with Gasteiger partial charge in [0.15, 0.2) is 0 Å². The van der Waals surface area contributed by atoms with Gasteiger partial charge in [-0.3, -0.25) is 9.10 Å². The highest BCUT2D eigenvalue weighted by Crippen LogP contribution is 2.38. The van der Waals surface area contributed by atoms with Crippen LogP contribution in [-0.4, -0.2) is 40.0 Å². The summed E-state index contributed by atoms with van der Waals surface area (Å²) in [4.78, 5) is 13.3. The van der Waals surface area contributed by atoms with Crippen LogP contribution in [0.4, 0.5) is 10.1 Å². The first-order valence-electron chi connectivity index (χ1n) is 13.2. The maximum Gasteiger partial charge on any atom is 0.264 e. The smallest absolute Gasteiger partial charge is 0.264 e. The van der Waals surface area contributed by atoms with Gasteiger partial charge in [-0.15, -0.1) is 0 Å². The molecule has 1 spiro atoms. The van der Waals surface area contributed by atoms with Crippen LogP contribution in [0.5, 0.6) is 0 Å². The molecule has 2 aliphatic rings. The van der Waals surface area contributed by atoms with Crippen LogP contribution in [-0.2, 0) is 14.8 Å². The zero-order valence-electron chi connectivity index (χ0n) is 20.9. The number of halogens is 1. The first-order chi connectivity index (χ1) is 17.4. The normalized spacial score (nSPS) is 21.0. The molecule has 8 heteroatoms. The number of carbonyl (C=O) groups excluding carboxylic acids is 1. The number of nitrogens with zero attached hydrogens (tertiary/aromatic N) is 1. The van der Waals surface area contributed by atoms with Gasteiger partial charge in [0.1, 0.15) is 12.4 Å². The molecule has 36 heavy (non-hydrogen) atoms. The highest BCUT2D eigenvalue weighted by Gasteiger charge is 2.36. The second-order valence-electron chi connectivity index (χ2n) is 10.4. The Bertz CT molecular complexity index is 1080. The Morgan fingerprint density at radius 3 is 2.19 bits per heavy atom. The Labute approximate surface area is 214 Å². The van der Waals surface area contributed by atoms with Gasteiger partial charge in [0, 0.05) is 19.1 Å². The van der Waals surface area contributed by atoms with Gasteiger partial charge in [-0.1, -0.05) is 63.1 Å². The second-order valence-corrected chi connectivity index (χ2v) is 12.2. The van der Waals surface area contributed by atoms with Crippen molar-refractivity contribution in [1.29, 1.82) is 0 Å². The second kappa shape index (κ2) is 12.2. The summed E-state index contributed by atoms with van der Waals surface area (Å²) < 4.78 is 41.5. The van der Waals surface area contributed by atoms with Gasteiger partial charge in [-0.05, 0) is 61.1 Å². The predicted molar refractivity (Wildman–Crippen MR) is 141 cm³/mol. The molecule has 2 fully saturated rings. The highest BCUT2D eigenvalue weighted by atomic mass is 32.2. The van der Waals surface area contributed by atoms with E-state index in [9.17, 15) is 17.6 Å². The number of piperidine rings is 1. The number of hydrogen-bond donors (Lipinski definition) is 2. The molecular weight excluding hydrogens is 477 g/mol. The van der Waals surface area contributed by atoms with E-state index >= 15 is 0 Å². The van der Waals surface area contributed by atoms with Crippen LogP contribution in [0.15, 0.2) is 59.5 Å². The molecule has 1 aliphatic heterocycles. The number of carbonyl (C=O) groups is 1. The minimum Gasteiger partial charge on any atom is -0.350 e. The maximum absolute atomic E-state index is 13.6. The van der Waals surface area contributed by atoms with Gasteiger partial charge in [0.25, 0.3) is 10.0 Å². The summed E-state index contributed by atoms with van der Waals surface area (Å²) in [5, 5.41) is 6.65. The van der Waals surface area contributed by atoms with Gasteiger partial charge < -0.3 is 10.6 Å². The van der Waals surface area contributed by atoms with Crippen molar-refractivity contribution < 1.29 is 17.6 Å². The fraction of sp³-hybridized carbons (Fsp3) is 0.536. The summed E-state index contributed by atoms with van der Waals surface area (Å²) >= 11 is 0. The van der Waals surface area contributed by atoms with Crippen LogP contribution in [0.2, 0.25) is 0 Å². The molecule has 1 unspecified atom stereocenters. The highest BCUT2D eigenvalue weighted by molar-refractivity contribution is 7.92. The summed E-state index contributed by atoms with van der Waals surface area (Å²) in [7, 11) is -4.01. The zero-order valence-corrected chi connectivity index (χ0v) is 21.7. The third kappa shape index (κ3) is 6.85. The third-order valence-electron chi connectivity index (χ3n) is 7.58. The van der Waals surface area contributed by atoms with E-state index in [1.165, 1.54) is 81.3 Å². The van der Waals surface area contributed by atoms with Crippen molar-refractivity contribution in [2.75, 3.05) is 23.9 Å². The molecule has 1 aliphatic carbocycles. The van der Waals surface area contributed by atoms with Crippen LogP contribution < -0.4 is 14.9 Å². The zero-order chi connectivity index (χ0) is 25.4. The maximum atomic E-state index is 13.6. The van der Waals surface area contributed by atoms with Crippen molar-refractivity contribution in [1.82, 2.24) is 10.6 Å². The molecule has 0 bridgehead atoms. The lowest BCUT2D eigenvalue weighted by atomic mass is 9.71. The van der Waals surface area contributed by atoms with Crippen LogP contribution in [0.3, 0.4) is 0 Å².